The van der Waals surface area contributed by atoms with Gasteiger partial charge in [-0.25, -0.2) is 0 Å². The first kappa shape index (κ1) is 14.4. The number of rotatable bonds is 8. The number of hydrogen-bond donors (Lipinski definition) is 0. The van der Waals surface area contributed by atoms with Crippen LogP contribution in [-0.2, 0) is 14.3 Å². The average Bonchev–Trinajstić information content (AvgIpc) is 2.72. The Hall–Kier alpha value is -0.670. The summed E-state index contributed by atoms with van der Waals surface area (Å²) >= 11 is 0. The summed E-state index contributed by atoms with van der Waals surface area (Å²) in [6.45, 7) is 5.38. The quantitative estimate of drug-likeness (QED) is 0.482. The highest BCUT2D eigenvalue weighted by Crippen LogP contribution is 2.22. The van der Waals surface area contributed by atoms with Crippen LogP contribution < -0.4 is 0 Å². The van der Waals surface area contributed by atoms with E-state index in [0.29, 0.717) is 26.1 Å². The van der Waals surface area contributed by atoms with Crippen molar-refractivity contribution in [1.29, 1.82) is 0 Å². The number of carbonyl (C=O) groups is 1. The molecule has 0 unspecified atom stereocenters. The predicted molar refractivity (Wildman–Crippen MR) is 67.8 cm³/mol. The highest BCUT2D eigenvalue weighted by molar-refractivity contribution is 5.89. The van der Waals surface area contributed by atoms with E-state index in [1.54, 1.807) is 6.08 Å². The van der Waals surface area contributed by atoms with Gasteiger partial charge in [0.25, 0.3) is 0 Å². The van der Waals surface area contributed by atoms with E-state index >= 15 is 0 Å². The van der Waals surface area contributed by atoms with Crippen molar-refractivity contribution in [2.24, 2.45) is 0 Å². The first-order valence-electron chi connectivity index (χ1n) is 6.63. The van der Waals surface area contributed by atoms with Gasteiger partial charge in [0.1, 0.15) is 0 Å². The van der Waals surface area contributed by atoms with Crippen LogP contribution in [0.3, 0.4) is 0 Å². The van der Waals surface area contributed by atoms with E-state index in [9.17, 15) is 4.79 Å². The van der Waals surface area contributed by atoms with Gasteiger partial charge in [-0.2, -0.15) is 0 Å². The van der Waals surface area contributed by atoms with Gasteiger partial charge in [-0.1, -0.05) is 32.3 Å². The van der Waals surface area contributed by atoms with Crippen LogP contribution in [0.15, 0.2) is 12.2 Å². The fourth-order valence-electron chi connectivity index (χ4n) is 1.89. The van der Waals surface area contributed by atoms with Gasteiger partial charge in [0.15, 0.2) is 11.6 Å². The monoisotopic (exact) mass is 240 g/mol. The van der Waals surface area contributed by atoms with Crippen molar-refractivity contribution in [2.75, 3.05) is 13.2 Å². The second-order valence-electron chi connectivity index (χ2n) is 4.71. The molecule has 1 heterocycles. The molecule has 1 aliphatic rings. The number of allylic oxidation sites excluding steroid dienone is 1. The Morgan fingerprint density at radius 3 is 2.59 bits per heavy atom. The number of unbranched alkanes of at least 4 members (excludes halogenated alkanes) is 3. The van der Waals surface area contributed by atoms with Crippen molar-refractivity contribution < 1.29 is 14.3 Å². The number of ether oxygens (including phenoxy) is 2. The molecule has 1 fully saturated rings. The fourth-order valence-corrected chi connectivity index (χ4v) is 1.89. The fraction of sp³-hybridized carbons (Fsp3) is 0.786. The molecular weight excluding hydrogens is 216 g/mol. The lowest BCUT2D eigenvalue weighted by atomic mass is 10.1. The molecule has 0 aliphatic carbocycles. The molecule has 3 heteroatoms. The van der Waals surface area contributed by atoms with Gasteiger partial charge in [0, 0.05) is 12.8 Å². The van der Waals surface area contributed by atoms with Crippen molar-refractivity contribution in [1.82, 2.24) is 0 Å². The topological polar surface area (TPSA) is 35.5 Å². The largest absolute Gasteiger partial charge is 0.348 e. The molecule has 1 rings (SSSR count). The lowest BCUT2D eigenvalue weighted by Gasteiger charge is -2.19. The molecule has 0 aromatic heterocycles. The molecule has 0 aromatic rings. The Morgan fingerprint density at radius 1 is 1.24 bits per heavy atom. The third-order valence-electron chi connectivity index (χ3n) is 2.97. The summed E-state index contributed by atoms with van der Waals surface area (Å²) in [5.74, 6) is -0.304. The molecule has 0 saturated carbocycles. The van der Waals surface area contributed by atoms with Crippen molar-refractivity contribution in [3.8, 4) is 0 Å². The van der Waals surface area contributed by atoms with Crippen molar-refractivity contribution >= 4 is 5.78 Å². The summed E-state index contributed by atoms with van der Waals surface area (Å²) in [7, 11) is 0. The summed E-state index contributed by atoms with van der Waals surface area (Å²) in [6.07, 6.45) is 9.42. The molecule has 17 heavy (non-hydrogen) atoms. The first-order valence-corrected chi connectivity index (χ1v) is 6.63. The molecule has 98 valence electrons. The third-order valence-corrected chi connectivity index (χ3v) is 2.97. The van der Waals surface area contributed by atoms with Crippen LogP contribution >= 0.6 is 0 Å². The number of carbonyl (C=O) groups excluding carboxylic acids is 1. The minimum absolute atomic E-state index is 0.211. The molecule has 0 spiro atoms. The summed E-state index contributed by atoms with van der Waals surface area (Å²) in [5, 5.41) is 0. The van der Waals surface area contributed by atoms with E-state index in [1.807, 2.05) is 13.0 Å². The maximum atomic E-state index is 11.5. The van der Waals surface area contributed by atoms with Gasteiger partial charge in [-0.3, -0.25) is 4.79 Å². The van der Waals surface area contributed by atoms with E-state index in [0.717, 1.165) is 12.8 Å². The maximum absolute atomic E-state index is 11.5. The second-order valence-corrected chi connectivity index (χ2v) is 4.71. The molecule has 3 nitrogen and oxygen atoms in total. The van der Waals surface area contributed by atoms with Crippen LogP contribution in [0.5, 0.6) is 0 Å². The lowest BCUT2D eigenvalue weighted by molar-refractivity contribution is -0.138. The SMILES string of the molecule is CCCCCCC(=O)/C=C\CC1(C)OCCO1. The molecule has 1 aliphatic heterocycles. The van der Waals surface area contributed by atoms with Gasteiger partial charge in [-0.15, -0.1) is 0 Å². The molecule has 0 amide bonds. The molecule has 0 bridgehead atoms. The summed E-state index contributed by atoms with van der Waals surface area (Å²) in [5.41, 5.74) is 0. The van der Waals surface area contributed by atoms with Crippen molar-refractivity contribution in [2.45, 2.75) is 58.2 Å². The van der Waals surface area contributed by atoms with Crippen LogP contribution in [0.25, 0.3) is 0 Å². The summed E-state index contributed by atoms with van der Waals surface area (Å²) in [4.78, 5) is 11.5. The zero-order valence-electron chi connectivity index (χ0n) is 11.0. The number of ketones is 1. The van der Waals surface area contributed by atoms with Gasteiger partial charge in [-0.05, 0) is 19.4 Å². The Bertz CT molecular complexity index is 252. The van der Waals surface area contributed by atoms with Crippen LogP contribution in [0, 0.1) is 0 Å². The summed E-state index contributed by atoms with van der Waals surface area (Å²) in [6, 6.07) is 0. The minimum Gasteiger partial charge on any atom is -0.348 e. The smallest absolute Gasteiger partial charge is 0.169 e. The van der Waals surface area contributed by atoms with Crippen LogP contribution in [0.2, 0.25) is 0 Å². The average molecular weight is 240 g/mol. The van der Waals surface area contributed by atoms with Crippen LogP contribution in [0.4, 0.5) is 0 Å². The Labute approximate surface area is 104 Å². The Morgan fingerprint density at radius 2 is 1.94 bits per heavy atom. The standard InChI is InChI=1S/C14H24O3/c1-3-4-5-6-8-13(15)9-7-10-14(2)16-11-12-17-14/h7,9H,3-6,8,10-12H2,1-2H3/b9-7-. The van der Waals surface area contributed by atoms with Crippen molar-refractivity contribution in [3.05, 3.63) is 12.2 Å². The second kappa shape index (κ2) is 7.62. The molecule has 1 saturated heterocycles. The predicted octanol–water partition coefficient (Wildman–Crippen LogP) is 3.24. The van der Waals surface area contributed by atoms with E-state index in [2.05, 4.69) is 6.92 Å². The van der Waals surface area contributed by atoms with Gasteiger partial charge < -0.3 is 9.47 Å². The Balaban J connectivity index is 2.12. The third kappa shape index (κ3) is 5.99. The zero-order chi connectivity index (χ0) is 12.6. The first-order chi connectivity index (χ1) is 8.16. The number of hydrogen-bond acceptors (Lipinski definition) is 3. The van der Waals surface area contributed by atoms with Crippen molar-refractivity contribution in [3.63, 3.8) is 0 Å². The van der Waals surface area contributed by atoms with E-state index < -0.39 is 5.79 Å². The zero-order valence-corrected chi connectivity index (χ0v) is 11.0. The highest BCUT2D eigenvalue weighted by Gasteiger charge is 2.29. The van der Waals surface area contributed by atoms with E-state index in [1.165, 1.54) is 12.8 Å². The maximum Gasteiger partial charge on any atom is 0.169 e. The molecule has 0 aromatic carbocycles. The van der Waals surface area contributed by atoms with Gasteiger partial charge >= 0.3 is 0 Å². The summed E-state index contributed by atoms with van der Waals surface area (Å²) < 4.78 is 10.9. The minimum atomic E-state index is -0.515. The molecule has 0 radical (unpaired) electrons. The van der Waals surface area contributed by atoms with Crippen LogP contribution in [0.1, 0.15) is 52.4 Å². The van der Waals surface area contributed by atoms with E-state index in [4.69, 9.17) is 9.47 Å². The van der Waals surface area contributed by atoms with Gasteiger partial charge in [0.2, 0.25) is 0 Å². The Kier molecular flexibility index (Phi) is 6.45. The van der Waals surface area contributed by atoms with Crippen LogP contribution in [-0.4, -0.2) is 24.8 Å². The molecule has 0 N–H and O–H groups in total. The van der Waals surface area contributed by atoms with E-state index in [-0.39, 0.29) is 5.78 Å². The molecule has 0 atom stereocenters. The molecular formula is C14H24O3. The lowest BCUT2D eigenvalue weighted by Crippen LogP contribution is -2.24. The van der Waals surface area contributed by atoms with Gasteiger partial charge in [0.05, 0.1) is 13.2 Å². The highest BCUT2D eigenvalue weighted by atomic mass is 16.7. The normalized spacial score (nSPS) is 18.9.